The van der Waals surface area contributed by atoms with Crippen LogP contribution in [0.3, 0.4) is 0 Å². The molecule has 190 valence electrons. The fourth-order valence-corrected chi connectivity index (χ4v) is 4.51. The molecule has 0 amide bonds. The Hall–Kier alpha value is 0.170. The van der Waals surface area contributed by atoms with E-state index in [2.05, 4.69) is 21.0 Å². The molecule has 31 heavy (non-hydrogen) atoms. The molecule has 1 unspecified atom stereocenters. The molecular weight excluding hydrogens is 406 g/mol. The number of unbranched alkanes of at least 4 members (excludes halogenated alkanes) is 19. The summed E-state index contributed by atoms with van der Waals surface area (Å²) in [4.78, 5) is 0. The summed E-state index contributed by atoms with van der Waals surface area (Å²) in [5.74, 6) is 0. The topological polar surface area (TPSA) is 40.5 Å². The number of halogens is 1. The summed E-state index contributed by atoms with van der Waals surface area (Å²) in [5.41, 5.74) is 0. The van der Waals surface area contributed by atoms with Gasteiger partial charge in [-0.15, -0.1) is 0 Å². The zero-order valence-corrected chi connectivity index (χ0v) is 22.3. The minimum atomic E-state index is -0.579. The molecule has 0 aliphatic carbocycles. The first-order valence-electron chi connectivity index (χ1n) is 13.6. The van der Waals surface area contributed by atoms with E-state index < -0.39 is 6.10 Å². The number of hydrogen-bond donors (Lipinski definition) is 2. The van der Waals surface area contributed by atoms with Crippen molar-refractivity contribution in [2.24, 2.45) is 0 Å². The van der Waals surface area contributed by atoms with Gasteiger partial charge in [0.1, 0.15) is 12.6 Å². The average Bonchev–Trinajstić information content (AvgIpc) is 2.71. The van der Waals surface area contributed by atoms with E-state index >= 15 is 0 Å². The number of hydrogen-bond acceptors (Lipinski definition) is 2. The van der Waals surface area contributed by atoms with Gasteiger partial charge in [0.2, 0.25) is 0 Å². The maximum absolute atomic E-state index is 9.59. The summed E-state index contributed by atoms with van der Waals surface area (Å²) in [6.07, 6.45) is 27.8. The standard InChI is InChI=1S/C27H58NO2.ClH/c1-4-5-6-7-8-9-10-11-12-13-14-15-16-17-18-19-20-21-22-23-24-28(2,3)25-27(30)26-29;/h27,29-30H,4-26H2,1-3H3;1H/q+1;/p-1. The van der Waals surface area contributed by atoms with Crippen molar-refractivity contribution in [1.29, 1.82) is 0 Å². The largest absolute Gasteiger partial charge is 1.00 e. The molecule has 0 heterocycles. The van der Waals surface area contributed by atoms with Crippen LogP contribution in [0.4, 0.5) is 0 Å². The third kappa shape index (κ3) is 26.3. The van der Waals surface area contributed by atoms with Crippen LogP contribution >= 0.6 is 0 Å². The first-order chi connectivity index (χ1) is 14.5. The Morgan fingerprint density at radius 3 is 1.13 bits per heavy atom. The highest BCUT2D eigenvalue weighted by atomic mass is 35.5. The highest BCUT2D eigenvalue weighted by Crippen LogP contribution is 2.15. The summed E-state index contributed by atoms with van der Waals surface area (Å²) in [6.45, 7) is 3.91. The molecular formula is C27H58ClNO2. The molecule has 0 spiro atoms. The molecule has 1 atom stereocenters. The Morgan fingerprint density at radius 2 is 0.839 bits per heavy atom. The average molecular weight is 464 g/mol. The van der Waals surface area contributed by atoms with Crippen LogP contribution in [0.2, 0.25) is 0 Å². The minimum absolute atomic E-state index is 0. The quantitative estimate of drug-likeness (QED) is 0.166. The molecule has 2 N–H and O–H groups in total. The first kappa shape index (κ1) is 33.3. The fourth-order valence-electron chi connectivity index (χ4n) is 4.51. The first-order valence-corrected chi connectivity index (χ1v) is 13.6. The molecule has 0 saturated carbocycles. The summed E-state index contributed by atoms with van der Waals surface area (Å²) >= 11 is 0. The van der Waals surface area contributed by atoms with E-state index in [4.69, 9.17) is 5.11 Å². The lowest BCUT2D eigenvalue weighted by molar-refractivity contribution is -0.893. The zero-order valence-electron chi connectivity index (χ0n) is 21.6. The summed E-state index contributed by atoms with van der Waals surface area (Å²) in [6, 6.07) is 0. The van der Waals surface area contributed by atoms with Gasteiger partial charge >= 0.3 is 0 Å². The van der Waals surface area contributed by atoms with E-state index in [1.165, 1.54) is 128 Å². The van der Waals surface area contributed by atoms with Crippen LogP contribution in [0.1, 0.15) is 135 Å². The van der Waals surface area contributed by atoms with Gasteiger partial charge in [-0.25, -0.2) is 0 Å². The van der Waals surface area contributed by atoms with E-state index in [1.54, 1.807) is 0 Å². The highest BCUT2D eigenvalue weighted by molar-refractivity contribution is 4.52. The molecule has 0 aliphatic heterocycles. The van der Waals surface area contributed by atoms with Crippen molar-refractivity contribution in [3.63, 3.8) is 0 Å². The molecule has 0 radical (unpaired) electrons. The number of rotatable bonds is 24. The molecule has 0 aromatic carbocycles. The molecule has 4 heteroatoms. The molecule has 3 nitrogen and oxygen atoms in total. The lowest BCUT2D eigenvalue weighted by atomic mass is 10.0. The van der Waals surface area contributed by atoms with Crippen LogP contribution in [-0.2, 0) is 0 Å². The van der Waals surface area contributed by atoms with Gasteiger partial charge in [0, 0.05) is 0 Å². The second-order valence-corrected chi connectivity index (χ2v) is 10.4. The number of quaternary nitrogens is 1. The molecule has 0 aliphatic rings. The highest BCUT2D eigenvalue weighted by Gasteiger charge is 2.19. The van der Waals surface area contributed by atoms with Crippen LogP contribution in [0.25, 0.3) is 0 Å². The van der Waals surface area contributed by atoms with E-state index in [0.29, 0.717) is 6.54 Å². The molecule has 0 aromatic rings. The van der Waals surface area contributed by atoms with Gasteiger partial charge in [0.25, 0.3) is 0 Å². The van der Waals surface area contributed by atoms with Gasteiger partial charge in [-0.05, 0) is 12.8 Å². The second-order valence-electron chi connectivity index (χ2n) is 10.4. The molecule has 0 saturated heterocycles. The third-order valence-corrected chi connectivity index (χ3v) is 6.53. The van der Waals surface area contributed by atoms with Gasteiger partial charge in [-0.1, -0.05) is 122 Å². The lowest BCUT2D eigenvalue weighted by Crippen LogP contribution is -3.00. The smallest absolute Gasteiger partial charge is 0.126 e. The minimum Gasteiger partial charge on any atom is -1.00 e. The van der Waals surface area contributed by atoms with Crippen molar-refractivity contribution in [3.05, 3.63) is 0 Å². The Morgan fingerprint density at radius 1 is 0.548 bits per heavy atom. The fraction of sp³-hybridized carbons (Fsp3) is 1.00. The van der Waals surface area contributed by atoms with E-state index in [0.717, 1.165) is 11.0 Å². The number of aliphatic hydroxyl groups excluding tert-OH is 2. The Labute approximate surface area is 202 Å². The Bertz CT molecular complexity index is 339. The number of nitrogens with zero attached hydrogens (tertiary/aromatic N) is 1. The number of likely N-dealkylation sites (N-methyl/N-ethyl adjacent to an activating group) is 1. The van der Waals surface area contributed by atoms with Crippen molar-refractivity contribution in [2.75, 3.05) is 33.8 Å². The SMILES string of the molecule is CCCCCCCCCCCCCCCCCCCCCC[N+](C)(C)CC(O)CO.[Cl-]. The Kier molecular flexibility index (Phi) is 26.7. The number of aliphatic hydroxyl groups is 2. The maximum atomic E-state index is 9.59. The summed E-state index contributed by atoms with van der Waals surface area (Å²) in [5, 5.41) is 18.6. The predicted molar refractivity (Wildman–Crippen MR) is 133 cm³/mol. The molecule has 0 fully saturated rings. The van der Waals surface area contributed by atoms with Gasteiger partial charge in [0.15, 0.2) is 0 Å². The van der Waals surface area contributed by atoms with Crippen LogP contribution < -0.4 is 12.4 Å². The third-order valence-electron chi connectivity index (χ3n) is 6.53. The second kappa shape index (κ2) is 24.8. The molecule has 0 aromatic heterocycles. The van der Waals surface area contributed by atoms with Crippen LogP contribution in [0.15, 0.2) is 0 Å². The van der Waals surface area contributed by atoms with E-state index in [-0.39, 0.29) is 19.0 Å². The molecule has 0 rings (SSSR count). The van der Waals surface area contributed by atoms with Crippen molar-refractivity contribution >= 4 is 0 Å². The lowest BCUT2D eigenvalue weighted by Gasteiger charge is -2.31. The normalized spacial score (nSPS) is 12.7. The van der Waals surface area contributed by atoms with Gasteiger partial charge < -0.3 is 27.1 Å². The van der Waals surface area contributed by atoms with Crippen molar-refractivity contribution in [1.82, 2.24) is 0 Å². The van der Waals surface area contributed by atoms with Gasteiger partial charge in [0.05, 0.1) is 27.2 Å². The van der Waals surface area contributed by atoms with Gasteiger partial charge in [-0.3, -0.25) is 0 Å². The van der Waals surface area contributed by atoms with Crippen LogP contribution in [0, 0.1) is 0 Å². The Balaban J connectivity index is 0. The molecule has 0 bridgehead atoms. The van der Waals surface area contributed by atoms with E-state index in [9.17, 15) is 5.11 Å². The van der Waals surface area contributed by atoms with Gasteiger partial charge in [-0.2, -0.15) is 0 Å². The summed E-state index contributed by atoms with van der Waals surface area (Å²) < 4.78 is 0.806. The van der Waals surface area contributed by atoms with Crippen LogP contribution in [-0.4, -0.2) is 54.6 Å². The monoisotopic (exact) mass is 463 g/mol. The van der Waals surface area contributed by atoms with Crippen molar-refractivity contribution in [2.45, 2.75) is 141 Å². The summed E-state index contributed by atoms with van der Waals surface area (Å²) in [7, 11) is 4.29. The maximum Gasteiger partial charge on any atom is 0.126 e. The predicted octanol–water partition coefficient (Wildman–Crippen LogP) is 4.24. The van der Waals surface area contributed by atoms with Crippen molar-refractivity contribution < 1.29 is 27.1 Å². The van der Waals surface area contributed by atoms with Crippen molar-refractivity contribution in [3.8, 4) is 0 Å². The zero-order chi connectivity index (χ0) is 22.3. The van der Waals surface area contributed by atoms with E-state index in [1.807, 2.05) is 0 Å². The van der Waals surface area contributed by atoms with Crippen LogP contribution in [0.5, 0.6) is 0 Å².